The molecule has 1 unspecified atom stereocenters. The first-order valence-corrected chi connectivity index (χ1v) is 6.82. The van der Waals surface area contributed by atoms with Gasteiger partial charge in [-0.15, -0.1) is 0 Å². The molecule has 1 aliphatic heterocycles. The summed E-state index contributed by atoms with van der Waals surface area (Å²) >= 11 is 0. The molecule has 0 bridgehead atoms. The number of nitrogens with one attached hydrogen (secondary N) is 1. The third-order valence-corrected chi connectivity index (χ3v) is 3.70. The molecule has 2 rings (SSSR count). The number of para-hydroxylation sites is 1. The Balaban J connectivity index is 2.32. The fourth-order valence-electron chi connectivity index (χ4n) is 2.81. The molecule has 0 saturated carbocycles. The van der Waals surface area contributed by atoms with Gasteiger partial charge in [0.15, 0.2) is 0 Å². The van der Waals surface area contributed by atoms with Crippen LogP contribution in [0, 0.1) is 6.92 Å². The number of hydrogen-bond donors (Lipinski definition) is 1. The average Bonchev–Trinajstić information content (AvgIpc) is 2.40. The van der Waals surface area contributed by atoms with Crippen molar-refractivity contribution in [2.24, 2.45) is 0 Å². The van der Waals surface area contributed by atoms with Gasteiger partial charge in [-0.2, -0.15) is 0 Å². The number of rotatable bonds is 4. The lowest BCUT2D eigenvalue weighted by molar-refractivity contribution is 0.170. The van der Waals surface area contributed by atoms with Crippen LogP contribution in [0.15, 0.2) is 18.2 Å². The maximum absolute atomic E-state index is 5.36. The zero-order valence-electron chi connectivity index (χ0n) is 11.7. The van der Waals surface area contributed by atoms with Crippen molar-refractivity contribution in [1.29, 1.82) is 0 Å². The van der Waals surface area contributed by atoms with Gasteiger partial charge in [0.05, 0.1) is 12.6 Å². The van der Waals surface area contributed by atoms with Crippen LogP contribution in [0.25, 0.3) is 0 Å². The van der Waals surface area contributed by atoms with E-state index in [0.717, 1.165) is 32.7 Å². The van der Waals surface area contributed by atoms with E-state index in [0.29, 0.717) is 6.04 Å². The van der Waals surface area contributed by atoms with E-state index in [9.17, 15) is 0 Å². The summed E-state index contributed by atoms with van der Waals surface area (Å²) in [7, 11) is 1.78. The second-order valence-corrected chi connectivity index (χ2v) is 4.94. The molecule has 100 valence electrons. The van der Waals surface area contributed by atoms with Crippen LogP contribution in [-0.2, 0) is 11.2 Å². The zero-order valence-corrected chi connectivity index (χ0v) is 11.7. The summed E-state index contributed by atoms with van der Waals surface area (Å²) < 4.78 is 5.36. The average molecular weight is 248 g/mol. The van der Waals surface area contributed by atoms with E-state index in [2.05, 4.69) is 42.3 Å². The molecular weight excluding hydrogens is 224 g/mol. The molecule has 0 aliphatic carbocycles. The Hall–Kier alpha value is -1.06. The monoisotopic (exact) mass is 248 g/mol. The smallest absolute Gasteiger partial charge is 0.0678 e. The lowest BCUT2D eigenvalue weighted by Crippen LogP contribution is -2.53. The van der Waals surface area contributed by atoms with E-state index < -0.39 is 0 Å². The molecule has 1 N–H and O–H groups in total. The van der Waals surface area contributed by atoms with Gasteiger partial charge < -0.3 is 15.0 Å². The van der Waals surface area contributed by atoms with Crippen molar-refractivity contribution in [3.63, 3.8) is 0 Å². The van der Waals surface area contributed by atoms with E-state index in [-0.39, 0.29) is 0 Å². The maximum Gasteiger partial charge on any atom is 0.0678 e. The predicted octanol–water partition coefficient (Wildman–Crippen LogP) is 1.98. The van der Waals surface area contributed by atoms with E-state index in [4.69, 9.17) is 4.74 Å². The first kappa shape index (κ1) is 13.4. The summed E-state index contributed by atoms with van der Waals surface area (Å²) in [6, 6.07) is 7.05. The van der Waals surface area contributed by atoms with Crippen molar-refractivity contribution < 1.29 is 4.74 Å². The van der Waals surface area contributed by atoms with Gasteiger partial charge in [-0.25, -0.2) is 0 Å². The van der Waals surface area contributed by atoms with Gasteiger partial charge in [0.25, 0.3) is 0 Å². The molecule has 0 spiro atoms. The Morgan fingerprint density at radius 2 is 2.28 bits per heavy atom. The molecule has 1 atom stereocenters. The Morgan fingerprint density at radius 3 is 3.00 bits per heavy atom. The molecule has 3 heteroatoms. The van der Waals surface area contributed by atoms with Crippen LogP contribution in [0.1, 0.15) is 18.1 Å². The molecule has 0 aromatic heterocycles. The summed E-state index contributed by atoms with van der Waals surface area (Å²) in [5, 5.41) is 3.45. The SMILES string of the molecule is CCc1cccc(C)c1N1CCNCC1COC. The molecule has 1 aliphatic rings. The van der Waals surface area contributed by atoms with E-state index in [1.165, 1.54) is 16.8 Å². The number of piperazine rings is 1. The van der Waals surface area contributed by atoms with Gasteiger partial charge in [-0.1, -0.05) is 25.1 Å². The molecule has 3 nitrogen and oxygen atoms in total. The highest BCUT2D eigenvalue weighted by atomic mass is 16.5. The Labute approximate surface area is 110 Å². The van der Waals surface area contributed by atoms with Crippen LogP contribution in [0.4, 0.5) is 5.69 Å². The fraction of sp³-hybridized carbons (Fsp3) is 0.600. The van der Waals surface area contributed by atoms with Crippen LogP contribution in [0.3, 0.4) is 0 Å². The normalized spacial score (nSPS) is 20.2. The minimum atomic E-state index is 0.440. The molecule has 1 aromatic carbocycles. The third kappa shape index (κ3) is 2.68. The Bertz CT molecular complexity index is 390. The molecule has 1 saturated heterocycles. The lowest BCUT2D eigenvalue weighted by Gasteiger charge is -2.39. The minimum Gasteiger partial charge on any atom is -0.383 e. The molecule has 0 radical (unpaired) electrons. The summed E-state index contributed by atoms with van der Waals surface area (Å²) in [4.78, 5) is 2.52. The van der Waals surface area contributed by atoms with Gasteiger partial charge in [-0.3, -0.25) is 0 Å². The topological polar surface area (TPSA) is 24.5 Å². The largest absolute Gasteiger partial charge is 0.383 e. The van der Waals surface area contributed by atoms with Gasteiger partial charge in [0.2, 0.25) is 0 Å². The summed E-state index contributed by atoms with van der Waals surface area (Å²) in [5.74, 6) is 0. The summed E-state index contributed by atoms with van der Waals surface area (Å²) in [5.41, 5.74) is 4.24. The Kier molecular flexibility index (Phi) is 4.61. The van der Waals surface area contributed by atoms with Crippen molar-refractivity contribution in [2.75, 3.05) is 38.3 Å². The molecule has 1 heterocycles. The summed E-state index contributed by atoms with van der Waals surface area (Å²) in [6.07, 6.45) is 1.08. The van der Waals surface area contributed by atoms with Crippen molar-refractivity contribution in [3.05, 3.63) is 29.3 Å². The van der Waals surface area contributed by atoms with Crippen molar-refractivity contribution in [2.45, 2.75) is 26.3 Å². The van der Waals surface area contributed by atoms with Crippen molar-refractivity contribution >= 4 is 5.69 Å². The van der Waals surface area contributed by atoms with Gasteiger partial charge in [0, 0.05) is 32.4 Å². The van der Waals surface area contributed by atoms with E-state index in [1.807, 2.05) is 0 Å². The standard InChI is InChI=1S/C15H24N2O/c1-4-13-7-5-6-12(2)15(13)17-9-8-16-10-14(17)11-18-3/h5-7,14,16H,4,8-11H2,1-3H3. The number of aryl methyl sites for hydroxylation is 2. The van der Waals surface area contributed by atoms with Crippen LogP contribution >= 0.6 is 0 Å². The van der Waals surface area contributed by atoms with Gasteiger partial charge >= 0.3 is 0 Å². The zero-order chi connectivity index (χ0) is 13.0. The minimum absolute atomic E-state index is 0.440. The second-order valence-electron chi connectivity index (χ2n) is 4.94. The molecule has 18 heavy (non-hydrogen) atoms. The van der Waals surface area contributed by atoms with Crippen LogP contribution in [0.2, 0.25) is 0 Å². The quantitative estimate of drug-likeness (QED) is 0.882. The molecule has 0 amide bonds. The molecule has 1 fully saturated rings. The first-order valence-electron chi connectivity index (χ1n) is 6.82. The lowest BCUT2D eigenvalue weighted by atomic mass is 10.0. The van der Waals surface area contributed by atoms with Gasteiger partial charge in [-0.05, 0) is 24.5 Å². The number of benzene rings is 1. The number of methoxy groups -OCH3 is 1. The van der Waals surface area contributed by atoms with E-state index in [1.54, 1.807) is 7.11 Å². The number of anilines is 1. The number of nitrogens with zero attached hydrogens (tertiary/aromatic N) is 1. The highest BCUT2D eigenvalue weighted by Gasteiger charge is 2.24. The second kappa shape index (κ2) is 6.21. The van der Waals surface area contributed by atoms with E-state index >= 15 is 0 Å². The van der Waals surface area contributed by atoms with Crippen molar-refractivity contribution in [3.8, 4) is 0 Å². The highest BCUT2D eigenvalue weighted by Crippen LogP contribution is 2.28. The van der Waals surface area contributed by atoms with Crippen LogP contribution in [0.5, 0.6) is 0 Å². The Morgan fingerprint density at radius 1 is 1.44 bits per heavy atom. The first-order chi connectivity index (χ1) is 8.77. The number of hydrogen-bond acceptors (Lipinski definition) is 3. The molecular formula is C15H24N2O. The summed E-state index contributed by atoms with van der Waals surface area (Å²) in [6.45, 7) is 8.34. The molecule has 1 aromatic rings. The van der Waals surface area contributed by atoms with Crippen molar-refractivity contribution in [1.82, 2.24) is 5.32 Å². The van der Waals surface area contributed by atoms with Gasteiger partial charge in [0.1, 0.15) is 0 Å². The third-order valence-electron chi connectivity index (χ3n) is 3.70. The van der Waals surface area contributed by atoms with Crippen LogP contribution in [-0.4, -0.2) is 39.4 Å². The predicted molar refractivity (Wildman–Crippen MR) is 76.4 cm³/mol. The maximum atomic E-state index is 5.36. The van der Waals surface area contributed by atoms with Crippen LogP contribution < -0.4 is 10.2 Å². The number of ether oxygens (including phenoxy) is 1. The highest BCUT2D eigenvalue weighted by molar-refractivity contribution is 5.60. The fourth-order valence-corrected chi connectivity index (χ4v) is 2.81.